The molecule has 116 valence electrons. The summed E-state index contributed by atoms with van der Waals surface area (Å²) in [6, 6.07) is 0. The van der Waals surface area contributed by atoms with Gasteiger partial charge in [-0.15, -0.1) is 0 Å². The average molecular weight is 276 g/mol. The Labute approximate surface area is 120 Å². The highest BCUT2D eigenvalue weighted by Gasteiger charge is 2.16. The smallest absolute Gasteiger partial charge is 0.102 e. The number of rotatable bonds is 12. The van der Waals surface area contributed by atoms with Crippen LogP contribution in [0, 0.1) is 0 Å². The van der Waals surface area contributed by atoms with Crippen LogP contribution in [0.25, 0.3) is 0 Å². The van der Waals surface area contributed by atoms with E-state index in [1.165, 1.54) is 19.4 Å². The normalized spacial score (nSPS) is 12.9. The lowest BCUT2D eigenvalue weighted by Crippen LogP contribution is -2.45. The molecular formula is C15H36N2O2+2. The Hall–Kier alpha value is -0.160. The minimum atomic E-state index is 0.283. The van der Waals surface area contributed by atoms with Gasteiger partial charge in [0.2, 0.25) is 0 Å². The van der Waals surface area contributed by atoms with Crippen molar-refractivity contribution in [3.05, 3.63) is 0 Å². The Kier molecular flexibility index (Phi) is 9.62. The van der Waals surface area contributed by atoms with Crippen molar-refractivity contribution in [1.29, 1.82) is 0 Å². The number of hydrogen-bond donors (Lipinski definition) is 1. The third-order valence-electron chi connectivity index (χ3n) is 3.72. The predicted molar refractivity (Wildman–Crippen MR) is 81.1 cm³/mol. The fourth-order valence-electron chi connectivity index (χ4n) is 2.03. The number of ether oxygens (including phenoxy) is 1. The van der Waals surface area contributed by atoms with Gasteiger partial charge in [0.05, 0.1) is 54.5 Å². The molecule has 0 unspecified atom stereocenters. The Bertz CT molecular complexity index is 196. The second kappa shape index (κ2) is 9.70. The number of aliphatic hydroxyl groups is 1. The van der Waals surface area contributed by atoms with Crippen LogP contribution in [0.2, 0.25) is 0 Å². The predicted octanol–water partition coefficient (Wildman–Crippen LogP) is 1.34. The summed E-state index contributed by atoms with van der Waals surface area (Å²) >= 11 is 0. The molecule has 0 aromatic heterocycles. The van der Waals surface area contributed by atoms with E-state index < -0.39 is 0 Å². The highest BCUT2D eigenvalue weighted by Crippen LogP contribution is 2.02. The zero-order valence-electron chi connectivity index (χ0n) is 13.8. The van der Waals surface area contributed by atoms with E-state index in [-0.39, 0.29) is 6.61 Å². The van der Waals surface area contributed by atoms with Gasteiger partial charge in [-0.1, -0.05) is 13.3 Å². The van der Waals surface area contributed by atoms with E-state index in [1.54, 1.807) is 0 Å². The summed E-state index contributed by atoms with van der Waals surface area (Å²) < 4.78 is 7.75. The van der Waals surface area contributed by atoms with E-state index in [9.17, 15) is 0 Å². The summed E-state index contributed by atoms with van der Waals surface area (Å²) in [6.45, 7) is 8.53. The maximum absolute atomic E-state index is 8.86. The van der Waals surface area contributed by atoms with Crippen LogP contribution in [0.1, 0.15) is 26.2 Å². The van der Waals surface area contributed by atoms with E-state index >= 15 is 0 Å². The second-order valence-corrected chi connectivity index (χ2v) is 6.81. The van der Waals surface area contributed by atoms with Crippen LogP contribution in [-0.4, -0.2) is 88.3 Å². The molecule has 0 aliphatic carbocycles. The number of likely N-dealkylation sites (N-methyl/N-ethyl adjacent to an activating group) is 2. The van der Waals surface area contributed by atoms with Gasteiger partial charge in [-0.25, -0.2) is 0 Å². The number of quaternary nitrogens is 2. The molecule has 0 rings (SSSR count). The molecule has 0 aromatic carbocycles. The molecule has 0 saturated heterocycles. The molecule has 0 saturated carbocycles. The molecule has 0 radical (unpaired) electrons. The van der Waals surface area contributed by atoms with Crippen LogP contribution in [0.5, 0.6) is 0 Å². The first-order chi connectivity index (χ1) is 8.83. The van der Waals surface area contributed by atoms with Gasteiger partial charge < -0.3 is 18.8 Å². The summed E-state index contributed by atoms with van der Waals surface area (Å²) in [6.07, 6.45) is 3.42. The fourth-order valence-corrected chi connectivity index (χ4v) is 2.03. The molecule has 0 atom stereocenters. The highest BCUT2D eigenvalue weighted by molar-refractivity contribution is 4.39. The van der Waals surface area contributed by atoms with Gasteiger partial charge in [-0.3, -0.25) is 0 Å². The molecule has 19 heavy (non-hydrogen) atoms. The molecule has 0 aromatic rings. The fraction of sp³-hybridized carbons (Fsp3) is 1.00. The molecule has 0 heterocycles. The number of hydrogen-bond acceptors (Lipinski definition) is 2. The lowest BCUT2D eigenvalue weighted by Gasteiger charge is -2.31. The molecule has 0 spiro atoms. The molecule has 0 amide bonds. The molecule has 4 nitrogen and oxygen atoms in total. The van der Waals surface area contributed by atoms with Gasteiger partial charge in [0, 0.05) is 13.0 Å². The van der Waals surface area contributed by atoms with Crippen LogP contribution in [0.4, 0.5) is 0 Å². The first kappa shape index (κ1) is 18.8. The Morgan fingerprint density at radius 2 is 1.26 bits per heavy atom. The van der Waals surface area contributed by atoms with Crippen molar-refractivity contribution in [2.24, 2.45) is 0 Å². The SMILES string of the molecule is CCCC[N+](C)(C)CCOCC[N+](C)(C)CCCO. The summed E-state index contributed by atoms with van der Waals surface area (Å²) in [5, 5.41) is 8.86. The van der Waals surface area contributed by atoms with Gasteiger partial charge in [0.15, 0.2) is 0 Å². The number of aliphatic hydroxyl groups excluding tert-OH is 1. The van der Waals surface area contributed by atoms with Crippen LogP contribution < -0.4 is 0 Å². The number of unbranched alkanes of at least 4 members (excludes halogenated alkanes) is 1. The van der Waals surface area contributed by atoms with E-state index in [0.717, 1.165) is 48.2 Å². The lowest BCUT2D eigenvalue weighted by molar-refractivity contribution is -0.894. The molecule has 4 heteroatoms. The molecular weight excluding hydrogens is 240 g/mol. The maximum atomic E-state index is 8.86. The largest absolute Gasteiger partial charge is 0.396 e. The Balaban J connectivity index is 3.63. The van der Waals surface area contributed by atoms with Gasteiger partial charge in [-0.2, -0.15) is 0 Å². The zero-order chi connectivity index (χ0) is 14.8. The first-order valence-electron chi connectivity index (χ1n) is 7.65. The lowest BCUT2D eigenvalue weighted by atomic mass is 10.3. The van der Waals surface area contributed by atoms with Crippen molar-refractivity contribution in [1.82, 2.24) is 0 Å². The van der Waals surface area contributed by atoms with Gasteiger partial charge >= 0.3 is 0 Å². The Morgan fingerprint density at radius 3 is 1.68 bits per heavy atom. The van der Waals surface area contributed by atoms with Crippen LogP contribution >= 0.6 is 0 Å². The highest BCUT2D eigenvalue weighted by atomic mass is 16.5. The monoisotopic (exact) mass is 276 g/mol. The summed E-state index contributed by atoms with van der Waals surface area (Å²) in [5.74, 6) is 0. The Morgan fingerprint density at radius 1 is 0.789 bits per heavy atom. The van der Waals surface area contributed by atoms with E-state index in [2.05, 4.69) is 35.1 Å². The standard InChI is InChI=1S/C15H36N2O2/c1-6-7-9-16(2,3)11-14-19-15-12-17(4,5)10-8-13-18/h18H,6-15H2,1-5H3/q+2. The third kappa shape index (κ3) is 11.4. The van der Waals surface area contributed by atoms with E-state index in [1.807, 2.05) is 0 Å². The second-order valence-electron chi connectivity index (χ2n) is 6.81. The van der Waals surface area contributed by atoms with Gasteiger partial charge in [0.25, 0.3) is 0 Å². The molecule has 0 fully saturated rings. The van der Waals surface area contributed by atoms with Crippen molar-refractivity contribution < 1.29 is 18.8 Å². The van der Waals surface area contributed by atoms with E-state index in [4.69, 9.17) is 9.84 Å². The van der Waals surface area contributed by atoms with Crippen LogP contribution in [0.15, 0.2) is 0 Å². The van der Waals surface area contributed by atoms with Crippen molar-refractivity contribution in [3.8, 4) is 0 Å². The van der Waals surface area contributed by atoms with Crippen LogP contribution in [-0.2, 0) is 4.74 Å². The zero-order valence-corrected chi connectivity index (χ0v) is 13.8. The minimum absolute atomic E-state index is 0.283. The maximum Gasteiger partial charge on any atom is 0.102 e. The topological polar surface area (TPSA) is 29.5 Å². The van der Waals surface area contributed by atoms with Crippen molar-refractivity contribution in [3.63, 3.8) is 0 Å². The summed E-state index contributed by atoms with van der Waals surface area (Å²) in [5.41, 5.74) is 0. The summed E-state index contributed by atoms with van der Waals surface area (Å²) in [4.78, 5) is 0. The average Bonchev–Trinajstić information content (AvgIpc) is 2.33. The van der Waals surface area contributed by atoms with Gasteiger partial charge in [0.1, 0.15) is 13.1 Å². The van der Waals surface area contributed by atoms with Crippen LogP contribution in [0.3, 0.4) is 0 Å². The third-order valence-corrected chi connectivity index (χ3v) is 3.72. The first-order valence-corrected chi connectivity index (χ1v) is 7.65. The number of nitrogens with zero attached hydrogens (tertiary/aromatic N) is 2. The van der Waals surface area contributed by atoms with Crippen molar-refractivity contribution >= 4 is 0 Å². The molecule has 0 aliphatic rings. The minimum Gasteiger partial charge on any atom is -0.396 e. The van der Waals surface area contributed by atoms with Gasteiger partial charge in [-0.05, 0) is 6.42 Å². The van der Waals surface area contributed by atoms with E-state index in [0.29, 0.717) is 0 Å². The quantitative estimate of drug-likeness (QED) is 0.430. The molecule has 0 bridgehead atoms. The van der Waals surface area contributed by atoms with Crippen molar-refractivity contribution in [2.75, 3.05) is 74.2 Å². The summed E-state index contributed by atoms with van der Waals surface area (Å²) in [7, 11) is 8.95. The molecule has 0 aliphatic heterocycles. The molecule has 1 N–H and O–H groups in total. The van der Waals surface area contributed by atoms with Crippen molar-refractivity contribution in [2.45, 2.75) is 26.2 Å².